The van der Waals surface area contributed by atoms with Crippen LogP contribution in [-0.2, 0) is 49.0 Å². The number of rotatable bonds is 10. The lowest BCUT2D eigenvalue weighted by atomic mass is 9.87. The van der Waals surface area contributed by atoms with Gasteiger partial charge in [0.1, 0.15) is 6.10 Å². The van der Waals surface area contributed by atoms with Crippen LogP contribution in [0, 0.1) is 11.8 Å². The second kappa shape index (κ2) is 10.7. The van der Waals surface area contributed by atoms with Crippen molar-refractivity contribution in [2.24, 2.45) is 11.8 Å². The van der Waals surface area contributed by atoms with Crippen LogP contribution in [0.25, 0.3) is 0 Å². The molecule has 0 spiro atoms. The monoisotopic (exact) mass is 544 g/mol. The van der Waals surface area contributed by atoms with E-state index >= 15 is 0 Å². The van der Waals surface area contributed by atoms with Crippen molar-refractivity contribution in [1.29, 1.82) is 0 Å². The van der Waals surface area contributed by atoms with Crippen molar-refractivity contribution in [2.75, 3.05) is 32.8 Å². The second-order valence-corrected chi connectivity index (χ2v) is 10.9. The standard InChI is InChI=1S/C13H24N2O15S3/c16-8-1-7(13(17)18)2-15(3-8)4-9-11(6-29-32(22,23)24)28-5-10(14-31(19,20)21)12(9)30-33(25,26)27/h7-12,14,16H,1-6H2,(H,17,18)(H,19,20,21)(H,22,23,24)(H,25,26,27)/t7?,8-,9+,10?,11?,12-/m1/s1. The van der Waals surface area contributed by atoms with Crippen molar-refractivity contribution in [3.63, 3.8) is 0 Å². The van der Waals surface area contributed by atoms with Crippen LogP contribution < -0.4 is 4.72 Å². The number of hydrogen-bond acceptors (Lipinski definition) is 12. The first kappa shape index (κ1) is 28.2. The predicted octanol–water partition coefficient (Wildman–Crippen LogP) is -3.46. The Kier molecular flexibility index (Phi) is 9.14. The molecule has 0 aromatic carbocycles. The summed E-state index contributed by atoms with van der Waals surface area (Å²) in [5.41, 5.74) is 0. The Bertz CT molecular complexity index is 1010. The van der Waals surface area contributed by atoms with Crippen molar-refractivity contribution in [3.05, 3.63) is 0 Å². The molecule has 2 rings (SSSR count). The number of hydrogen-bond donors (Lipinski definition) is 6. The van der Waals surface area contributed by atoms with Gasteiger partial charge >= 0.3 is 37.1 Å². The Morgan fingerprint density at radius 3 is 2.21 bits per heavy atom. The average Bonchev–Trinajstić information content (AvgIpc) is 2.60. The molecule has 2 aliphatic rings. The van der Waals surface area contributed by atoms with Crippen LogP contribution in [0.4, 0.5) is 0 Å². The molecule has 2 heterocycles. The number of piperidine rings is 1. The molecule has 0 saturated carbocycles. The number of ether oxygens (including phenoxy) is 1. The SMILES string of the molecule is O=C(O)C1C[C@@H](O)CN(C[C@H]2C(COS(=O)(=O)O)OCC(NS(=O)(=O)O)[C@@H]2OS(=O)(=O)O)C1. The molecule has 20 heteroatoms. The third-order valence-electron chi connectivity index (χ3n) is 5.02. The van der Waals surface area contributed by atoms with Crippen molar-refractivity contribution in [3.8, 4) is 0 Å². The Morgan fingerprint density at radius 2 is 1.70 bits per heavy atom. The fourth-order valence-corrected chi connectivity index (χ4v) is 5.31. The van der Waals surface area contributed by atoms with Crippen LogP contribution in [0.15, 0.2) is 0 Å². The number of nitrogens with one attached hydrogen (secondary N) is 1. The molecule has 0 aromatic heterocycles. The van der Waals surface area contributed by atoms with E-state index in [9.17, 15) is 44.8 Å². The van der Waals surface area contributed by atoms with E-state index in [4.69, 9.17) is 13.8 Å². The zero-order valence-electron chi connectivity index (χ0n) is 16.7. The lowest BCUT2D eigenvalue weighted by molar-refractivity contribution is -0.147. The van der Waals surface area contributed by atoms with Gasteiger partial charge in [-0.25, -0.2) is 8.37 Å². The molecule has 3 unspecified atom stereocenters. The first-order valence-corrected chi connectivity index (χ1v) is 13.4. The van der Waals surface area contributed by atoms with E-state index < -0.39 is 86.5 Å². The molecule has 0 radical (unpaired) electrons. The van der Waals surface area contributed by atoms with Gasteiger partial charge in [-0.15, -0.1) is 0 Å². The zero-order chi connectivity index (χ0) is 25.2. The molecule has 0 amide bonds. The number of β-amino-alcohol motifs (C(OH)–C–C–N with tert-alkyl or cyclic N) is 1. The maximum absolute atomic E-state index is 11.4. The van der Waals surface area contributed by atoms with Crippen molar-refractivity contribution < 1.29 is 67.0 Å². The molecule has 0 aliphatic carbocycles. The fourth-order valence-electron chi connectivity index (χ4n) is 3.86. The predicted molar refractivity (Wildman–Crippen MR) is 104 cm³/mol. The molecule has 2 saturated heterocycles. The number of carboxylic acids is 1. The molecule has 6 N–H and O–H groups in total. The summed E-state index contributed by atoms with van der Waals surface area (Å²) in [6.07, 6.45) is -4.36. The molecule has 17 nitrogen and oxygen atoms in total. The summed E-state index contributed by atoms with van der Waals surface area (Å²) in [5, 5.41) is 19.3. The fraction of sp³-hybridized carbons (Fsp3) is 0.923. The Labute approximate surface area is 189 Å². The third-order valence-corrected chi connectivity index (χ3v) is 6.52. The highest BCUT2D eigenvalue weighted by Gasteiger charge is 2.46. The van der Waals surface area contributed by atoms with Crippen LogP contribution >= 0.6 is 0 Å². The number of aliphatic carboxylic acids is 1. The highest BCUT2D eigenvalue weighted by atomic mass is 32.3. The van der Waals surface area contributed by atoms with Gasteiger partial charge in [0, 0.05) is 25.6 Å². The van der Waals surface area contributed by atoms with E-state index in [-0.39, 0.29) is 26.1 Å². The number of carboxylic acid groups (broad SMARTS) is 1. The normalized spacial score (nSPS) is 32.5. The van der Waals surface area contributed by atoms with Gasteiger partial charge < -0.3 is 14.9 Å². The first-order chi connectivity index (χ1) is 14.9. The van der Waals surface area contributed by atoms with Gasteiger partial charge in [0.05, 0.1) is 37.4 Å². The summed E-state index contributed by atoms with van der Waals surface area (Å²) >= 11 is 0. The first-order valence-electron chi connectivity index (χ1n) is 9.20. The molecule has 2 aliphatic heterocycles. The summed E-state index contributed by atoms with van der Waals surface area (Å²) in [5.74, 6) is -3.58. The van der Waals surface area contributed by atoms with Crippen LogP contribution in [0.3, 0.4) is 0 Å². The van der Waals surface area contributed by atoms with E-state index in [1.807, 2.05) is 0 Å². The van der Waals surface area contributed by atoms with E-state index in [0.717, 1.165) is 0 Å². The zero-order valence-corrected chi connectivity index (χ0v) is 19.1. The van der Waals surface area contributed by atoms with Gasteiger partial charge in [-0.3, -0.25) is 23.4 Å². The lowest BCUT2D eigenvalue weighted by Crippen LogP contribution is -2.62. The quantitative estimate of drug-likeness (QED) is 0.146. The highest BCUT2D eigenvalue weighted by molar-refractivity contribution is 7.83. The molecule has 0 aromatic rings. The summed E-state index contributed by atoms with van der Waals surface area (Å²) in [6, 6.07) is -1.61. The van der Waals surface area contributed by atoms with Gasteiger partial charge in [0.25, 0.3) is 0 Å². The average molecular weight is 545 g/mol. The Balaban J connectivity index is 2.38. The van der Waals surface area contributed by atoms with E-state index in [1.54, 1.807) is 4.72 Å². The van der Waals surface area contributed by atoms with Gasteiger partial charge in [-0.1, -0.05) is 0 Å². The van der Waals surface area contributed by atoms with Gasteiger partial charge in [0.2, 0.25) is 0 Å². The Hall–Kier alpha value is -1.04. The van der Waals surface area contributed by atoms with E-state index in [0.29, 0.717) is 0 Å². The summed E-state index contributed by atoms with van der Waals surface area (Å²) < 4.78 is 110. The minimum Gasteiger partial charge on any atom is -0.481 e. The van der Waals surface area contributed by atoms with E-state index in [2.05, 4.69) is 8.37 Å². The van der Waals surface area contributed by atoms with Gasteiger partial charge in [-0.2, -0.15) is 30.0 Å². The number of aliphatic hydroxyl groups excluding tert-OH is 1. The number of nitrogens with zero attached hydrogens (tertiary/aromatic N) is 1. The number of carbonyl (C=O) groups is 1. The molecule has 194 valence electrons. The van der Waals surface area contributed by atoms with Gasteiger partial charge in [-0.05, 0) is 6.42 Å². The minimum atomic E-state index is -5.23. The number of aliphatic hydroxyl groups is 1. The molecular weight excluding hydrogens is 520 g/mol. The van der Waals surface area contributed by atoms with Crippen LogP contribution in [0.1, 0.15) is 6.42 Å². The molecule has 33 heavy (non-hydrogen) atoms. The number of likely N-dealkylation sites (tertiary alicyclic amines) is 1. The highest BCUT2D eigenvalue weighted by Crippen LogP contribution is 2.29. The molecular formula is C13H24N2O15S3. The maximum atomic E-state index is 11.4. The molecule has 6 atom stereocenters. The van der Waals surface area contributed by atoms with Crippen LogP contribution in [0.2, 0.25) is 0 Å². The topological polar surface area (TPSA) is 264 Å². The second-order valence-electron chi connectivity index (χ2n) is 7.58. The Morgan fingerprint density at radius 1 is 1.06 bits per heavy atom. The van der Waals surface area contributed by atoms with Gasteiger partial charge in [0.15, 0.2) is 0 Å². The summed E-state index contributed by atoms with van der Waals surface area (Å²) in [7, 11) is -15.1. The lowest BCUT2D eigenvalue weighted by Gasteiger charge is -2.44. The smallest absolute Gasteiger partial charge is 0.397 e. The van der Waals surface area contributed by atoms with Crippen molar-refractivity contribution in [1.82, 2.24) is 9.62 Å². The van der Waals surface area contributed by atoms with E-state index in [1.165, 1.54) is 4.90 Å². The van der Waals surface area contributed by atoms with Crippen LogP contribution in [0.5, 0.6) is 0 Å². The molecule has 0 bridgehead atoms. The van der Waals surface area contributed by atoms with Crippen molar-refractivity contribution >= 4 is 37.1 Å². The van der Waals surface area contributed by atoms with Crippen LogP contribution in [-0.4, -0.2) is 117 Å². The van der Waals surface area contributed by atoms with Crippen molar-refractivity contribution in [2.45, 2.75) is 30.8 Å². The minimum absolute atomic E-state index is 0.0693. The third kappa shape index (κ3) is 9.62. The molecule has 2 fully saturated rings. The summed E-state index contributed by atoms with van der Waals surface area (Å²) in [6.45, 7) is -2.17. The maximum Gasteiger partial charge on any atom is 0.397 e. The largest absolute Gasteiger partial charge is 0.481 e. The summed E-state index contributed by atoms with van der Waals surface area (Å²) in [4.78, 5) is 12.7.